The third kappa shape index (κ3) is 5.39. The molecular formula is C22H29NO4. The molecule has 0 aliphatic rings. The zero-order valence-electron chi connectivity index (χ0n) is 17.0. The molecule has 0 heterocycles. The maximum atomic E-state index is 12.7. The average molecular weight is 371 g/mol. The summed E-state index contributed by atoms with van der Waals surface area (Å²) in [6.45, 7) is 8.39. The maximum Gasteiger partial charge on any atom is 0.265 e. The highest BCUT2D eigenvalue weighted by molar-refractivity contribution is 5.95. The van der Waals surface area contributed by atoms with Crippen molar-refractivity contribution in [3.63, 3.8) is 0 Å². The Morgan fingerprint density at radius 3 is 2.15 bits per heavy atom. The van der Waals surface area contributed by atoms with Gasteiger partial charge in [-0.25, -0.2) is 0 Å². The third-order valence-electron chi connectivity index (χ3n) is 4.33. The first-order chi connectivity index (χ1) is 12.8. The van der Waals surface area contributed by atoms with Crippen LogP contribution in [0.4, 0.5) is 5.69 Å². The highest BCUT2D eigenvalue weighted by Crippen LogP contribution is 2.29. The molecule has 5 heteroatoms. The van der Waals surface area contributed by atoms with E-state index >= 15 is 0 Å². The molecule has 1 N–H and O–H groups in total. The Morgan fingerprint density at radius 1 is 1.00 bits per heavy atom. The Hall–Kier alpha value is -2.69. The van der Waals surface area contributed by atoms with Crippen LogP contribution in [0.25, 0.3) is 0 Å². The second-order valence-electron chi connectivity index (χ2n) is 7.34. The molecule has 0 spiro atoms. The van der Waals surface area contributed by atoms with E-state index in [1.807, 2.05) is 31.2 Å². The Bertz CT molecular complexity index is 763. The van der Waals surface area contributed by atoms with Crippen LogP contribution < -0.4 is 19.5 Å². The Morgan fingerprint density at radius 2 is 1.63 bits per heavy atom. The van der Waals surface area contributed by atoms with Crippen LogP contribution in [0.3, 0.4) is 0 Å². The van der Waals surface area contributed by atoms with Gasteiger partial charge in [-0.2, -0.15) is 0 Å². The van der Waals surface area contributed by atoms with Crippen LogP contribution in [0.5, 0.6) is 17.2 Å². The molecule has 0 aliphatic carbocycles. The molecule has 0 unspecified atom stereocenters. The van der Waals surface area contributed by atoms with Crippen molar-refractivity contribution in [1.82, 2.24) is 0 Å². The minimum absolute atomic E-state index is 0.0724. The number of carbonyl (C=O) groups is 1. The highest BCUT2D eigenvalue weighted by atomic mass is 16.5. The lowest BCUT2D eigenvalue weighted by molar-refractivity contribution is -0.122. The van der Waals surface area contributed by atoms with Gasteiger partial charge in [0.1, 0.15) is 17.2 Å². The van der Waals surface area contributed by atoms with E-state index in [2.05, 4.69) is 26.1 Å². The van der Waals surface area contributed by atoms with Crippen LogP contribution >= 0.6 is 0 Å². The quantitative estimate of drug-likeness (QED) is 0.760. The van der Waals surface area contributed by atoms with Crippen LogP contribution in [0.15, 0.2) is 42.5 Å². The largest absolute Gasteiger partial charge is 0.497 e. The predicted octanol–water partition coefficient (Wildman–Crippen LogP) is 4.80. The smallest absolute Gasteiger partial charge is 0.265 e. The van der Waals surface area contributed by atoms with Gasteiger partial charge in [0.15, 0.2) is 6.10 Å². The van der Waals surface area contributed by atoms with Crippen LogP contribution in [0, 0.1) is 0 Å². The minimum Gasteiger partial charge on any atom is -0.497 e. The van der Waals surface area contributed by atoms with E-state index in [9.17, 15) is 4.79 Å². The molecule has 1 amide bonds. The number of nitrogens with one attached hydrogen (secondary N) is 1. The fraction of sp³-hybridized carbons (Fsp3) is 0.409. The lowest BCUT2D eigenvalue weighted by atomic mass is 9.87. The van der Waals surface area contributed by atoms with Crippen molar-refractivity contribution >= 4 is 11.6 Å². The molecule has 0 saturated carbocycles. The zero-order valence-corrected chi connectivity index (χ0v) is 17.0. The van der Waals surface area contributed by atoms with E-state index < -0.39 is 6.10 Å². The molecule has 2 aromatic carbocycles. The molecule has 0 radical (unpaired) electrons. The monoisotopic (exact) mass is 371 g/mol. The van der Waals surface area contributed by atoms with Crippen molar-refractivity contribution in [2.45, 2.75) is 45.6 Å². The number of methoxy groups -OCH3 is 2. The van der Waals surface area contributed by atoms with Crippen LogP contribution in [0.2, 0.25) is 0 Å². The summed E-state index contributed by atoms with van der Waals surface area (Å²) in [6, 6.07) is 13.1. The topological polar surface area (TPSA) is 56.8 Å². The molecular weight excluding hydrogens is 342 g/mol. The zero-order chi connectivity index (χ0) is 20.0. The molecule has 0 saturated heterocycles. The molecule has 0 aromatic heterocycles. The lowest BCUT2D eigenvalue weighted by Gasteiger charge is -2.21. The maximum absolute atomic E-state index is 12.7. The highest BCUT2D eigenvalue weighted by Gasteiger charge is 2.21. The first-order valence-electron chi connectivity index (χ1n) is 9.08. The summed E-state index contributed by atoms with van der Waals surface area (Å²) >= 11 is 0. The van der Waals surface area contributed by atoms with Crippen molar-refractivity contribution in [3.8, 4) is 17.2 Å². The van der Waals surface area contributed by atoms with Crippen LogP contribution in [-0.2, 0) is 10.2 Å². The number of amides is 1. The summed E-state index contributed by atoms with van der Waals surface area (Å²) in [5.41, 5.74) is 1.84. The molecule has 0 bridgehead atoms. The van der Waals surface area contributed by atoms with E-state index in [4.69, 9.17) is 14.2 Å². The number of hydrogen-bond acceptors (Lipinski definition) is 4. The third-order valence-corrected chi connectivity index (χ3v) is 4.33. The van der Waals surface area contributed by atoms with Gasteiger partial charge in [0, 0.05) is 6.07 Å². The standard InChI is InChI=1S/C22H29NO4/c1-7-19(27-16-10-8-15(9-11-16)22(2,3)4)21(24)23-18-14-17(25-5)12-13-20(18)26-6/h8-14,19H,7H2,1-6H3,(H,23,24)/t19-/m0/s1. The van der Waals surface area contributed by atoms with Gasteiger partial charge in [-0.3, -0.25) is 4.79 Å². The molecule has 5 nitrogen and oxygen atoms in total. The molecule has 2 rings (SSSR count). The molecule has 146 valence electrons. The van der Waals surface area contributed by atoms with Gasteiger partial charge in [0.2, 0.25) is 0 Å². The first-order valence-corrected chi connectivity index (χ1v) is 9.08. The molecule has 27 heavy (non-hydrogen) atoms. The van der Waals surface area contributed by atoms with Gasteiger partial charge in [-0.1, -0.05) is 39.8 Å². The first kappa shape index (κ1) is 20.6. The fourth-order valence-electron chi connectivity index (χ4n) is 2.64. The van der Waals surface area contributed by atoms with Gasteiger partial charge >= 0.3 is 0 Å². The summed E-state index contributed by atoms with van der Waals surface area (Å²) in [7, 11) is 3.13. The number of ether oxygens (including phenoxy) is 3. The molecule has 1 atom stereocenters. The SMILES string of the molecule is CC[C@H](Oc1ccc(C(C)(C)C)cc1)C(=O)Nc1cc(OC)ccc1OC. The number of hydrogen-bond donors (Lipinski definition) is 1. The second kappa shape index (κ2) is 8.80. The van der Waals surface area contributed by atoms with Crippen molar-refractivity contribution in [2.75, 3.05) is 19.5 Å². The van der Waals surface area contributed by atoms with E-state index in [0.29, 0.717) is 29.4 Å². The van der Waals surface area contributed by atoms with E-state index in [-0.39, 0.29) is 11.3 Å². The van der Waals surface area contributed by atoms with Gasteiger partial charge < -0.3 is 19.5 Å². The second-order valence-corrected chi connectivity index (χ2v) is 7.34. The van der Waals surface area contributed by atoms with Crippen molar-refractivity contribution < 1.29 is 19.0 Å². The van der Waals surface area contributed by atoms with Crippen molar-refractivity contribution in [1.29, 1.82) is 0 Å². The summed E-state index contributed by atoms with van der Waals surface area (Å²) in [4.78, 5) is 12.7. The Balaban J connectivity index is 2.12. The fourth-order valence-corrected chi connectivity index (χ4v) is 2.64. The van der Waals surface area contributed by atoms with E-state index in [0.717, 1.165) is 0 Å². The number of carbonyl (C=O) groups excluding carboxylic acids is 1. The number of anilines is 1. The average Bonchev–Trinajstić information content (AvgIpc) is 2.65. The number of rotatable bonds is 7. The van der Waals surface area contributed by atoms with Crippen LogP contribution in [-0.4, -0.2) is 26.2 Å². The van der Waals surface area contributed by atoms with Crippen LogP contribution in [0.1, 0.15) is 39.7 Å². The van der Waals surface area contributed by atoms with Gasteiger partial charge in [0.05, 0.1) is 19.9 Å². The van der Waals surface area contributed by atoms with Crippen molar-refractivity contribution in [3.05, 3.63) is 48.0 Å². The Kier molecular flexibility index (Phi) is 6.72. The number of benzene rings is 2. The molecule has 2 aromatic rings. The molecule has 0 fully saturated rings. The lowest BCUT2D eigenvalue weighted by Crippen LogP contribution is -2.32. The van der Waals surface area contributed by atoms with Crippen molar-refractivity contribution in [2.24, 2.45) is 0 Å². The summed E-state index contributed by atoms with van der Waals surface area (Å²) < 4.78 is 16.4. The summed E-state index contributed by atoms with van der Waals surface area (Å²) in [5, 5.41) is 2.87. The summed E-state index contributed by atoms with van der Waals surface area (Å²) in [6.07, 6.45) is -0.0690. The van der Waals surface area contributed by atoms with Gasteiger partial charge in [0.25, 0.3) is 5.91 Å². The van der Waals surface area contributed by atoms with E-state index in [1.54, 1.807) is 32.4 Å². The van der Waals surface area contributed by atoms with Gasteiger partial charge in [-0.15, -0.1) is 0 Å². The Labute approximate surface area is 161 Å². The molecule has 0 aliphatic heterocycles. The van der Waals surface area contributed by atoms with Gasteiger partial charge in [-0.05, 0) is 41.7 Å². The van der Waals surface area contributed by atoms with E-state index in [1.165, 1.54) is 5.56 Å². The predicted molar refractivity (Wildman–Crippen MR) is 108 cm³/mol. The normalized spacial score (nSPS) is 12.2. The minimum atomic E-state index is -0.610. The summed E-state index contributed by atoms with van der Waals surface area (Å²) in [5.74, 6) is 1.64.